The van der Waals surface area contributed by atoms with Crippen LogP contribution >= 0.6 is 0 Å². The molecule has 0 radical (unpaired) electrons. The Morgan fingerprint density at radius 1 is 1.09 bits per heavy atom. The van der Waals surface area contributed by atoms with Gasteiger partial charge in [0.1, 0.15) is 0 Å². The van der Waals surface area contributed by atoms with E-state index in [-0.39, 0.29) is 5.91 Å². The number of benzene rings is 2. The molecule has 170 valence electrons. The normalized spacial score (nSPS) is 22.5. The molecular weight excluding hydrogens is 410 g/mol. The van der Waals surface area contributed by atoms with Crippen molar-refractivity contribution in [2.45, 2.75) is 64.2 Å². The van der Waals surface area contributed by atoms with E-state index in [1.807, 2.05) is 24.4 Å². The number of aromatic nitrogens is 2. The van der Waals surface area contributed by atoms with E-state index < -0.39 is 0 Å². The van der Waals surface area contributed by atoms with Crippen molar-refractivity contribution in [1.29, 1.82) is 0 Å². The third-order valence-electron chi connectivity index (χ3n) is 7.58. The number of amides is 1. The van der Waals surface area contributed by atoms with E-state index in [2.05, 4.69) is 64.3 Å². The zero-order valence-corrected chi connectivity index (χ0v) is 19.6. The summed E-state index contributed by atoms with van der Waals surface area (Å²) in [7, 11) is 0. The van der Waals surface area contributed by atoms with Crippen LogP contribution in [0, 0.1) is 6.92 Å². The van der Waals surface area contributed by atoms with Crippen LogP contribution < -0.4 is 10.2 Å². The second-order valence-corrected chi connectivity index (χ2v) is 10.2. The second kappa shape index (κ2) is 7.80. The number of rotatable bonds is 5. The number of hydrogen-bond donors (Lipinski definition) is 1. The molecule has 3 fully saturated rings. The third-order valence-corrected chi connectivity index (χ3v) is 7.58. The molecule has 3 heterocycles. The first-order valence-corrected chi connectivity index (χ1v) is 12.2. The molecule has 2 aliphatic heterocycles. The van der Waals surface area contributed by atoms with E-state index in [4.69, 9.17) is 0 Å². The van der Waals surface area contributed by atoms with Crippen molar-refractivity contribution in [1.82, 2.24) is 20.4 Å². The maximum absolute atomic E-state index is 12.6. The predicted octanol–water partition coefficient (Wildman–Crippen LogP) is 4.17. The Labute approximate surface area is 195 Å². The van der Waals surface area contributed by atoms with Crippen molar-refractivity contribution >= 4 is 22.5 Å². The van der Waals surface area contributed by atoms with Crippen molar-refractivity contribution in [3.8, 4) is 11.1 Å². The van der Waals surface area contributed by atoms with Crippen LogP contribution in [0.15, 0.2) is 42.6 Å². The van der Waals surface area contributed by atoms with Crippen molar-refractivity contribution < 1.29 is 4.79 Å². The van der Waals surface area contributed by atoms with Gasteiger partial charge in [0, 0.05) is 53.6 Å². The van der Waals surface area contributed by atoms with Crippen LogP contribution in [0.4, 0.5) is 5.82 Å². The highest BCUT2D eigenvalue weighted by molar-refractivity contribution is 5.98. The molecular formula is C27H31N5O. The lowest BCUT2D eigenvalue weighted by Crippen LogP contribution is -2.49. The molecule has 6 rings (SSSR count). The van der Waals surface area contributed by atoms with Crippen molar-refractivity contribution in [2.24, 2.45) is 0 Å². The largest absolute Gasteiger partial charge is 0.349 e. The molecule has 1 amide bonds. The van der Waals surface area contributed by atoms with Crippen LogP contribution in [-0.2, 0) is 0 Å². The number of carbonyl (C=O) groups is 1. The number of piperazine rings is 1. The maximum atomic E-state index is 12.6. The van der Waals surface area contributed by atoms with Gasteiger partial charge in [-0.3, -0.25) is 9.69 Å². The van der Waals surface area contributed by atoms with Crippen LogP contribution in [0.3, 0.4) is 0 Å². The Morgan fingerprint density at radius 2 is 1.94 bits per heavy atom. The van der Waals surface area contributed by atoms with Gasteiger partial charge in [0.15, 0.2) is 5.82 Å². The summed E-state index contributed by atoms with van der Waals surface area (Å²) in [4.78, 5) is 17.7. The van der Waals surface area contributed by atoms with E-state index in [1.165, 1.54) is 6.42 Å². The number of hydrogen-bond acceptors (Lipinski definition) is 5. The standard InChI is InChI=1S/C27H31N5O/c1-16(2)31-14-23-12-22(31)15-32(23)26-24-9-6-18(10-20(24)13-28-30-26)25-11-19(5-4-17(25)3)27(33)29-21-7-8-21/h4-6,9-11,13,16,21-23H,7-8,12,14-15H2,1-3H3,(H,29,33). The van der Waals surface area contributed by atoms with Crippen LogP contribution in [0.25, 0.3) is 21.9 Å². The number of nitrogens with one attached hydrogen (secondary N) is 1. The number of aryl methyl sites for hydroxylation is 1. The molecule has 1 N–H and O–H groups in total. The summed E-state index contributed by atoms with van der Waals surface area (Å²) in [5.41, 5.74) is 4.07. The van der Waals surface area contributed by atoms with E-state index >= 15 is 0 Å². The molecule has 1 saturated carbocycles. The first kappa shape index (κ1) is 20.6. The molecule has 6 nitrogen and oxygen atoms in total. The highest BCUT2D eigenvalue weighted by Gasteiger charge is 2.44. The summed E-state index contributed by atoms with van der Waals surface area (Å²) in [6, 6.07) is 14.6. The molecule has 2 aromatic carbocycles. The summed E-state index contributed by atoms with van der Waals surface area (Å²) in [6.45, 7) is 8.80. The van der Waals surface area contributed by atoms with E-state index in [1.54, 1.807) is 0 Å². The van der Waals surface area contributed by atoms with Crippen LogP contribution in [0.2, 0.25) is 0 Å². The van der Waals surface area contributed by atoms with Crippen molar-refractivity contribution in [2.75, 3.05) is 18.0 Å². The minimum Gasteiger partial charge on any atom is -0.349 e. The van der Waals surface area contributed by atoms with Gasteiger partial charge in [0.25, 0.3) is 5.91 Å². The Kier molecular flexibility index (Phi) is 4.87. The highest BCUT2D eigenvalue weighted by Crippen LogP contribution is 2.38. The van der Waals surface area contributed by atoms with E-state index in [0.29, 0.717) is 24.2 Å². The van der Waals surface area contributed by atoms with E-state index in [9.17, 15) is 4.79 Å². The fourth-order valence-electron chi connectivity index (χ4n) is 5.61. The molecule has 0 spiro atoms. The van der Waals surface area contributed by atoms with Gasteiger partial charge in [0.2, 0.25) is 0 Å². The van der Waals surface area contributed by atoms with Crippen LogP contribution in [0.1, 0.15) is 49.0 Å². The second-order valence-electron chi connectivity index (χ2n) is 10.2. The summed E-state index contributed by atoms with van der Waals surface area (Å²) in [6.07, 6.45) is 5.25. The monoisotopic (exact) mass is 441 g/mol. The number of carbonyl (C=O) groups excluding carboxylic acids is 1. The van der Waals surface area contributed by atoms with Gasteiger partial charge >= 0.3 is 0 Å². The zero-order chi connectivity index (χ0) is 22.7. The van der Waals surface area contributed by atoms with Gasteiger partial charge in [-0.15, -0.1) is 5.10 Å². The number of anilines is 1. The Hall–Kier alpha value is -2.99. The average molecular weight is 442 g/mol. The molecule has 2 unspecified atom stereocenters. The predicted molar refractivity (Wildman–Crippen MR) is 132 cm³/mol. The van der Waals surface area contributed by atoms with Crippen molar-refractivity contribution in [3.63, 3.8) is 0 Å². The Bertz CT molecular complexity index is 1230. The summed E-state index contributed by atoms with van der Waals surface area (Å²) in [5, 5.41) is 14.3. The van der Waals surface area contributed by atoms with Gasteiger partial charge in [-0.05, 0) is 81.0 Å². The molecule has 3 aliphatic rings. The molecule has 33 heavy (non-hydrogen) atoms. The maximum Gasteiger partial charge on any atom is 0.251 e. The topological polar surface area (TPSA) is 61.4 Å². The summed E-state index contributed by atoms with van der Waals surface area (Å²) < 4.78 is 0. The summed E-state index contributed by atoms with van der Waals surface area (Å²) >= 11 is 0. The minimum atomic E-state index is 0.0206. The molecule has 3 aromatic rings. The lowest BCUT2D eigenvalue weighted by Gasteiger charge is -2.37. The van der Waals surface area contributed by atoms with Gasteiger partial charge in [0.05, 0.1) is 6.20 Å². The number of nitrogens with zero attached hydrogens (tertiary/aromatic N) is 4. The number of likely N-dealkylation sites (tertiary alicyclic amines) is 1. The molecule has 1 aromatic heterocycles. The fraction of sp³-hybridized carbons (Fsp3) is 0.444. The van der Waals surface area contributed by atoms with Gasteiger partial charge in [-0.1, -0.05) is 12.1 Å². The molecule has 2 atom stereocenters. The van der Waals surface area contributed by atoms with Gasteiger partial charge in [-0.2, -0.15) is 5.10 Å². The third kappa shape index (κ3) is 3.66. The molecule has 6 heteroatoms. The first-order chi connectivity index (χ1) is 16.0. The number of fused-ring (bicyclic) bond motifs is 3. The molecule has 2 bridgehead atoms. The smallest absolute Gasteiger partial charge is 0.251 e. The Balaban J connectivity index is 1.32. The molecule has 2 saturated heterocycles. The summed E-state index contributed by atoms with van der Waals surface area (Å²) in [5.74, 6) is 1.02. The average Bonchev–Trinajstić information content (AvgIpc) is 3.39. The van der Waals surface area contributed by atoms with Crippen molar-refractivity contribution in [3.05, 3.63) is 53.7 Å². The quantitative estimate of drug-likeness (QED) is 0.644. The van der Waals surface area contributed by atoms with Crippen LogP contribution in [0.5, 0.6) is 0 Å². The van der Waals surface area contributed by atoms with Gasteiger partial charge < -0.3 is 10.2 Å². The van der Waals surface area contributed by atoms with E-state index in [0.717, 1.165) is 64.8 Å². The minimum absolute atomic E-state index is 0.0206. The van der Waals surface area contributed by atoms with Crippen LogP contribution in [-0.4, -0.2) is 58.3 Å². The molecule has 1 aliphatic carbocycles. The lowest BCUT2D eigenvalue weighted by molar-refractivity contribution is 0.0951. The zero-order valence-electron chi connectivity index (χ0n) is 19.6. The highest BCUT2D eigenvalue weighted by atomic mass is 16.1. The SMILES string of the molecule is Cc1ccc(C(=O)NC2CC2)cc1-c1ccc2c(N3CC4CC3CN4C(C)C)nncc2c1. The fourth-order valence-corrected chi connectivity index (χ4v) is 5.61. The lowest BCUT2D eigenvalue weighted by atomic mass is 9.96. The first-order valence-electron chi connectivity index (χ1n) is 12.2. The Morgan fingerprint density at radius 3 is 2.67 bits per heavy atom. The van der Waals surface area contributed by atoms with Gasteiger partial charge in [-0.25, -0.2) is 0 Å².